The van der Waals surface area contributed by atoms with Crippen LogP contribution in [0.1, 0.15) is 34.2 Å². The van der Waals surface area contributed by atoms with Crippen LogP contribution in [0.25, 0.3) is 5.65 Å². The highest BCUT2D eigenvalue weighted by Crippen LogP contribution is 2.22. The second kappa shape index (κ2) is 6.20. The molecule has 1 aliphatic heterocycles. The van der Waals surface area contributed by atoms with E-state index in [4.69, 9.17) is 4.74 Å². The Balaban J connectivity index is 1.57. The molecular formula is C19H20N4O2. The molecule has 1 amide bonds. The van der Waals surface area contributed by atoms with Crippen LogP contribution in [0, 0.1) is 6.92 Å². The van der Waals surface area contributed by atoms with E-state index in [2.05, 4.69) is 10.1 Å². The van der Waals surface area contributed by atoms with Gasteiger partial charge in [-0.15, -0.1) is 0 Å². The Kier molecular flexibility index (Phi) is 3.87. The summed E-state index contributed by atoms with van der Waals surface area (Å²) in [5.41, 5.74) is 4.70. The molecule has 0 atom stereocenters. The van der Waals surface area contributed by atoms with E-state index < -0.39 is 0 Å². The fourth-order valence-electron chi connectivity index (χ4n) is 3.27. The van der Waals surface area contributed by atoms with Gasteiger partial charge in [0, 0.05) is 42.9 Å². The number of hydrogen-bond acceptors (Lipinski definition) is 4. The van der Waals surface area contributed by atoms with Crippen LogP contribution in [-0.2, 0) is 13.0 Å². The number of rotatable bonds is 3. The van der Waals surface area contributed by atoms with Crippen LogP contribution in [0.2, 0.25) is 0 Å². The highest BCUT2D eigenvalue weighted by Gasteiger charge is 2.24. The molecule has 0 fully saturated rings. The Morgan fingerprint density at radius 2 is 2.08 bits per heavy atom. The second-order valence-corrected chi connectivity index (χ2v) is 6.22. The van der Waals surface area contributed by atoms with Crippen molar-refractivity contribution in [2.45, 2.75) is 26.8 Å². The maximum atomic E-state index is 12.8. The Morgan fingerprint density at radius 1 is 1.28 bits per heavy atom. The molecule has 1 aliphatic rings. The van der Waals surface area contributed by atoms with E-state index in [-0.39, 0.29) is 5.91 Å². The minimum Gasteiger partial charge on any atom is -0.494 e. The van der Waals surface area contributed by atoms with Crippen LogP contribution in [0.3, 0.4) is 0 Å². The first-order valence-electron chi connectivity index (χ1n) is 8.51. The topological polar surface area (TPSA) is 59.7 Å². The van der Waals surface area contributed by atoms with E-state index in [1.807, 2.05) is 59.8 Å². The van der Waals surface area contributed by atoms with Gasteiger partial charge in [-0.3, -0.25) is 4.79 Å². The maximum absolute atomic E-state index is 12.8. The zero-order valence-corrected chi connectivity index (χ0v) is 14.4. The lowest BCUT2D eigenvalue weighted by Crippen LogP contribution is -2.37. The van der Waals surface area contributed by atoms with Crippen LogP contribution in [0.4, 0.5) is 0 Å². The lowest BCUT2D eigenvalue weighted by Gasteiger charge is -2.28. The molecule has 0 bridgehead atoms. The molecule has 0 saturated heterocycles. The molecule has 2 aromatic heterocycles. The third-order valence-corrected chi connectivity index (χ3v) is 4.47. The molecule has 6 heteroatoms. The molecule has 0 saturated carbocycles. The van der Waals surface area contributed by atoms with Crippen molar-refractivity contribution in [3.8, 4) is 5.75 Å². The largest absolute Gasteiger partial charge is 0.494 e. The van der Waals surface area contributed by atoms with Gasteiger partial charge >= 0.3 is 0 Å². The average Bonchev–Trinajstić information content (AvgIpc) is 3.02. The Bertz CT molecular complexity index is 930. The molecule has 4 rings (SSSR count). The smallest absolute Gasteiger partial charge is 0.254 e. The molecule has 3 aromatic rings. The van der Waals surface area contributed by atoms with Gasteiger partial charge in [0.2, 0.25) is 0 Å². The van der Waals surface area contributed by atoms with Gasteiger partial charge in [0.05, 0.1) is 18.0 Å². The number of nitrogens with zero attached hydrogens (tertiary/aromatic N) is 4. The zero-order valence-electron chi connectivity index (χ0n) is 14.4. The first-order chi connectivity index (χ1) is 12.2. The summed E-state index contributed by atoms with van der Waals surface area (Å²) in [6.07, 6.45) is 2.64. The molecule has 0 unspecified atom stereocenters. The van der Waals surface area contributed by atoms with E-state index in [0.29, 0.717) is 25.3 Å². The fraction of sp³-hybridized carbons (Fsp3) is 0.316. The number of amides is 1. The summed E-state index contributed by atoms with van der Waals surface area (Å²) in [6.45, 7) is 5.76. The number of carbonyl (C=O) groups is 1. The second-order valence-electron chi connectivity index (χ2n) is 6.22. The number of carbonyl (C=O) groups excluding carboxylic acids is 1. The third kappa shape index (κ3) is 2.84. The number of aryl methyl sites for hydroxylation is 1. The molecule has 0 aliphatic carbocycles. The van der Waals surface area contributed by atoms with Crippen molar-refractivity contribution in [2.75, 3.05) is 13.2 Å². The molecule has 0 N–H and O–H groups in total. The van der Waals surface area contributed by atoms with Crippen LogP contribution < -0.4 is 4.74 Å². The zero-order chi connectivity index (χ0) is 17.4. The molecule has 6 nitrogen and oxygen atoms in total. The van der Waals surface area contributed by atoms with E-state index in [1.54, 1.807) is 0 Å². The Morgan fingerprint density at radius 3 is 2.84 bits per heavy atom. The van der Waals surface area contributed by atoms with Gasteiger partial charge in [-0.05, 0) is 38.1 Å². The monoisotopic (exact) mass is 336 g/mol. The predicted octanol–water partition coefficient (Wildman–Crippen LogP) is 2.63. The van der Waals surface area contributed by atoms with E-state index in [9.17, 15) is 4.79 Å². The van der Waals surface area contributed by atoms with E-state index in [1.165, 1.54) is 0 Å². The van der Waals surface area contributed by atoms with Gasteiger partial charge in [0.25, 0.3) is 5.91 Å². The standard InChI is InChI=1S/C19H20N4O2/c1-3-25-16-6-4-14(5-7-16)19(24)22-9-8-17-15(12-22)11-20-18-10-13(2)21-23(17)18/h4-7,10-11H,3,8-9,12H2,1-2H3. The molecule has 3 heterocycles. The third-order valence-electron chi connectivity index (χ3n) is 4.47. The normalized spacial score (nSPS) is 13.8. The Labute approximate surface area is 146 Å². The van der Waals surface area contributed by atoms with Gasteiger partial charge in [-0.1, -0.05) is 0 Å². The van der Waals surface area contributed by atoms with Crippen LogP contribution >= 0.6 is 0 Å². The summed E-state index contributed by atoms with van der Waals surface area (Å²) in [4.78, 5) is 19.1. The molecule has 0 radical (unpaired) electrons. The van der Waals surface area contributed by atoms with Crippen molar-refractivity contribution in [1.82, 2.24) is 19.5 Å². The highest BCUT2D eigenvalue weighted by molar-refractivity contribution is 5.94. The lowest BCUT2D eigenvalue weighted by molar-refractivity contribution is 0.0732. The number of hydrogen-bond donors (Lipinski definition) is 0. The lowest BCUT2D eigenvalue weighted by atomic mass is 10.1. The van der Waals surface area contributed by atoms with E-state index >= 15 is 0 Å². The van der Waals surface area contributed by atoms with Crippen molar-refractivity contribution >= 4 is 11.6 Å². The Hall–Kier alpha value is -2.89. The summed E-state index contributed by atoms with van der Waals surface area (Å²) in [5, 5.41) is 4.52. The maximum Gasteiger partial charge on any atom is 0.254 e. The van der Waals surface area contributed by atoms with Gasteiger partial charge < -0.3 is 9.64 Å². The quantitative estimate of drug-likeness (QED) is 0.738. The fourth-order valence-corrected chi connectivity index (χ4v) is 3.27. The van der Waals surface area contributed by atoms with Crippen molar-refractivity contribution in [3.05, 3.63) is 59.0 Å². The number of ether oxygens (including phenoxy) is 1. The minimum absolute atomic E-state index is 0.0328. The highest BCUT2D eigenvalue weighted by atomic mass is 16.5. The average molecular weight is 336 g/mol. The first kappa shape index (κ1) is 15.6. The molecule has 0 spiro atoms. The summed E-state index contributed by atoms with van der Waals surface area (Å²) in [7, 11) is 0. The van der Waals surface area contributed by atoms with Crippen molar-refractivity contribution in [1.29, 1.82) is 0 Å². The number of benzene rings is 1. The van der Waals surface area contributed by atoms with Crippen LogP contribution in [-0.4, -0.2) is 38.6 Å². The summed E-state index contributed by atoms with van der Waals surface area (Å²) in [5.74, 6) is 0.814. The van der Waals surface area contributed by atoms with Gasteiger partial charge in [-0.25, -0.2) is 9.50 Å². The van der Waals surface area contributed by atoms with Crippen molar-refractivity contribution in [3.63, 3.8) is 0 Å². The summed E-state index contributed by atoms with van der Waals surface area (Å²) >= 11 is 0. The molecule has 1 aromatic carbocycles. The van der Waals surface area contributed by atoms with Crippen molar-refractivity contribution < 1.29 is 9.53 Å². The predicted molar refractivity (Wildman–Crippen MR) is 93.8 cm³/mol. The molecular weight excluding hydrogens is 316 g/mol. The first-order valence-corrected chi connectivity index (χ1v) is 8.51. The summed E-state index contributed by atoms with van der Waals surface area (Å²) < 4.78 is 7.34. The molecule has 25 heavy (non-hydrogen) atoms. The van der Waals surface area contributed by atoms with Gasteiger partial charge in [0.15, 0.2) is 5.65 Å². The minimum atomic E-state index is 0.0328. The van der Waals surface area contributed by atoms with Crippen molar-refractivity contribution in [2.24, 2.45) is 0 Å². The van der Waals surface area contributed by atoms with E-state index in [0.717, 1.165) is 34.8 Å². The SMILES string of the molecule is CCOc1ccc(C(=O)N2CCc3c(cnc4cc(C)nn34)C2)cc1. The number of aromatic nitrogens is 3. The van der Waals surface area contributed by atoms with Crippen LogP contribution in [0.15, 0.2) is 36.5 Å². The number of fused-ring (bicyclic) bond motifs is 3. The summed E-state index contributed by atoms with van der Waals surface area (Å²) in [6, 6.07) is 9.29. The van der Waals surface area contributed by atoms with Gasteiger partial charge in [0.1, 0.15) is 5.75 Å². The molecule has 128 valence electrons. The van der Waals surface area contributed by atoms with Gasteiger partial charge in [-0.2, -0.15) is 5.10 Å². The van der Waals surface area contributed by atoms with Crippen LogP contribution in [0.5, 0.6) is 5.75 Å².